The van der Waals surface area contributed by atoms with E-state index in [4.69, 9.17) is 11.6 Å². The summed E-state index contributed by atoms with van der Waals surface area (Å²) in [7, 11) is 0. The monoisotopic (exact) mass is 327 g/mol. The van der Waals surface area contributed by atoms with Gasteiger partial charge in [0.1, 0.15) is 0 Å². The van der Waals surface area contributed by atoms with Crippen LogP contribution in [0.2, 0.25) is 5.02 Å². The van der Waals surface area contributed by atoms with Crippen molar-refractivity contribution in [2.45, 2.75) is 25.8 Å². The van der Waals surface area contributed by atoms with E-state index in [1.54, 1.807) is 0 Å². The molecule has 0 amide bonds. The molecule has 0 aliphatic rings. The Bertz CT molecular complexity index is 836. The summed E-state index contributed by atoms with van der Waals surface area (Å²) in [4.78, 5) is 11.4. The lowest BCUT2D eigenvalue weighted by Crippen LogP contribution is -2.07. The minimum Gasteiger partial charge on any atom is -0.481 e. The third kappa shape index (κ3) is 3.10. The number of hydrogen-bond donors (Lipinski definition) is 1. The number of hydrogen-bond acceptors (Lipinski definition) is 1. The molecule has 0 saturated carbocycles. The number of carboxylic acid groups (broad SMARTS) is 1. The van der Waals surface area contributed by atoms with Gasteiger partial charge < -0.3 is 9.67 Å². The summed E-state index contributed by atoms with van der Waals surface area (Å²) in [6.45, 7) is 2.94. The van der Waals surface area contributed by atoms with Crippen LogP contribution in [0.15, 0.2) is 54.7 Å². The molecule has 1 aromatic heterocycles. The number of carbonyl (C=O) groups is 1. The Morgan fingerprint density at radius 2 is 1.87 bits per heavy atom. The third-order valence-corrected chi connectivity index (χ3v) is 4.44. The van der Waals surface area contributed by atoms with Crippen LogP contribution in [0.4, 0.5) is 0 Å². The molecule has 0 saturated heterocycles. The van der Waals surface area contributed by atoms with E-state index in [1.165, 1.54) is 0 Å². The number of halogens is 1. The molecule has 3 aromatic rings. The highest BCUT2D eigenvalue weighted by Gasteiger charge is 2.22. The Balaban J connectivity index is 2.17. The fourth-order valence-electron chi connectivity index (χ4n) is 3.09. The van der Waals surface area contributed by atoms with Crippen LogP contribution < -0.4 is 0 Å². The fourth-order valence-corrected chi connectivity index (χ4v) is 3.22. The highest BCUT2D eigenvalue weighted by molar-refractivity contribution is 6.30. The van der Waals surface area contributed by atoms with Gasteiger partial charge in [0.15, 0.2) is 0 Å². The lowest BCUT2D eigenvalue weighted by molar-refractivity contribution is -0.137. The van der Waals surface area contributed by atoms with Crippen LogP contribution in [0.1, 0.15) is 30.4 Å². The molecule has 2 aromatic carbocycles. The normalized spacial score (nSPS) is 12.4. The second-order valence-corrected chi connectivity index (χ2v) is 6.03. The van der Waals surface area contributed by atoms with Gasteiger partial charge in [0.05, 0.1) is 6.42 Å². The SMILES string of the molecule is CCn1cc(C(CC(=O)O)c2ccc(Cl)cc2)c2ccccc21. The second kappa shape index (κ2) is 6.47. The molecule has 0 fully saturated rings. The van der Waals surface area contributed by atoms with Gasteiger partial charge in [-0.1, -0.05) is 41.9 Å². The standard InChI is InChI=1S/C19H18ClNO2/c1-2-21-12-17(15-5-3-4-6-18(15)21)16(11-19(22)23)13-7-9-14(20)10-8-13/h3-10,12,16H,2,11H2,1H3,(H,22,23). The number of nitrogens with zero attached hydrogens (tertiary/aromatic N) is 1. The topological polar surface area (TPSA) is 42.2 Å². The maximum absolute atomic E-state index is 11.4. The smallest absolute Gasteiger partial charge is 0.304 e. The van der Waals surface area contributed by atoms with Crippen molar-refractivity contribution in [2.24, 2.45) is 0 Å². The molecule has 0 bridgehead atoms. The first-order chi connectivity index (χ1) is 11.1. The van der Waals surface area contributed by atoms with E-state index in [0.717, 1.165) is 28.6 Å². The Hall–Kier alpha value is -2.26. The van der Waals surface area contributed by atoms with Crippen LogP contribution in [0, 0.1) is 0 Å². The highest BCUT2D eigenvalue weighted by Crippen LogP contribution is 2.35. The number of carboxylic acids is 1. The predicted molar refractivity (Wildman–Crippen MR) is 93.2 cm³/mol. The molecule has 0 aliphatic heterocycles. The average Bonchev–Trinajstić information content (AvgIpc) is 2.92. The summed E-state index contributed by atoms with van der Waals surface area (Å²) >= 11 is 5.97. The minimum atomic E-state index is -0.807. The van der Waals surface area contributed by atoms with E-state index in [1.807, 2.05) is 36.4 Å². The van der Waals surface area contributed by atoms with Gasteiger partial charge in [-0.2, -0.15) is 0 Å². The van der Waals surface area contributed by atoms with Crippen LogP contribution in [0.3, 0.4) is 0 Å². The summed E-state index contributed by atoms with van der Waals surface area (Å²) in [6.07, 6.45) is 2.13. The molecule has 3 rings (SSSR count). The van der Waals surface area contributed by atoms with Gasteiger partial charge in [-0.05, 0) is 36.2 Å². The first-order valence-corrected chi connectivity index (χ1v) is 8.03. The van der Waals surface area contributed by atoms with Crippen LogP contribution in [0.25, 0.3) is 10.9 Å². The van der Waals surface area contributed by atoms with Crippen molar-refractivity contribution in [1.82, 2.24) is 4.57 Å². The van der Waals surface area contributed by atoms with E-state index < -0.39 is 5.97 Å². The van der Waals surface area contributed by atoms with E-state index in [9.17, 15) is 9.90 Å². The second-order valence-electron chi connectivity index (χ2n) is 5.59. The Morgan fingerprint density at radius 3 is 2.52 bits per heavy atom. The van der Waals surface area contributed by atoms with Crippen molar-refractivity contribution in [3.63, 3.8) is 0 Å². The predicted octanol–water partition coefficient (Wildman–Crippen LogP) is 4.92. The number of rotatable bonds is 5. The van der Waals surface area contributed by atoms with E-state index in [0.29, 0.717) is 5.02 Å². The fraction of sp³-hybridized carbons (Fsp3) is 0.211. The number of aromatic nitrogens is 1. The Kier molecular flexibility index (Phi) is 4.39. The van der Waals surface area contributed by atoms with Crippen LogP contribution in [0.5, 0.6) is 0 Å². The van der Waals surface area contributed by atoms with E-state index in [-0.39, 0.29) is 12.3 Å². The molecule has 0 radical (unpaired) electrons. The lowest BCUT2D eigenvalue weighted by Gasteiger charge is -2.15. The largest absolute Gasteiger partial charge is 0.481 e. The molecule has 0 aliphatic carbocycles. The van der Waals surface area contributed by atoms with E-state index in [2.05, 4.69) is 29.8 Å². The molecule has 1 atom stereocenters. The highest BCUT2D eigenvalue weighted by atomic mass is 35.5. The van der Waals surface area contributed by atoms with Gasteiger partial charge in [-0.3, -0.25) is 4.79 Å². The van der Waals surface area contributed by atoms with Crippen LogP contribution in [-0.2, 0) is 11.3 Å². The maximum Gasteiger partial charge on any atom is 0.304 e. The zero-order valence-electron chi connectivity index (χ0n) is 12.9. The van der Waals surface area contributed by atoms with Crippen molar-refractivity contribution < 1.29 is 9.90 Å². The van der Waals surface area contributed by atoms with Crippen molar-refractivity contribution in [2.75, 3.05) is 0 Å². The van der Waals surface area contributed by atoms with Crippen molar-refractivity contribution >= 4 is 28.5 Å². The number of fused-ring (bicyclic) bond motifs is 1. The van der Waals surface area contributed by atoms with Gasteiger partial charge in [-0.25, -0.2) is 0 Å². The molecule has 118 valence electrons. The summed E-state index contributed by atoms with van der Waals surface area (Å²) < 4.78 is 2.16. The zero-order valence-corrected chi connectivity index (χ0v) is 13.6. The molecule has 4 heteroatoms. The van der Waals surface area contributed by atoms with Crippen LogP contribution in [-0.4, -0.2) is 15.6 Å². The van der Waals surface area contributed by atoms with Gasteiger partial charge in [0, 0.05) is 34.6 Å². The van der Waals surface area contributed by atoms with Gasteiger partial charge in [-0.15, -0.1) is 0 Å². The molecule has 3 nitrogen and oxygen atoms in total. The molecule has 1 unspecified atom stereocenters. The first kappa shape index (κ1) is 15.6. The maximum atomic E-state index is 11.4. The zero-order chi connectivity index (χ0) is 16.4. The number of aryl methyl sites for hydroxylation is 1. The Labute approximate surface area is 140 Å². The van der Waals surface area contributed by atoms with Crippen LogP contribution >= 0.6 is 11.6 Å². The number of para-hydroxylation sites is 1. The number of aliphatic carboxylic acids is 1. The molecule has 1 heterocycles. The number of benzene rings is 2. The molecule has 1 N–H and O–H groups in total. The van der Waals surface area contributed by atoms with E-state index >= 15 is 0 Å². The first-order valence-electron chi connectivity index (χ1n) is 7.65. The quantitative estimate of drug-likeness (QED) is 0.722. The summed E-state index contributed by atoms with van der Waals surface area (Å²) in [5.41, 5.74) is 3.15. The lowest BCUT2D eigenvalue weighted by atomic mass is 9.88. The van der Waals surface area contributed by atoms with Gasteiger partial charge >= 0.3 is 5.97 Å². The van der Waals surface area contributed by atoms with Gasteiger partial charge in [0.25, 0.3) is 0 Å². The molecular formula is C19H18ClNO2. The Morgan fingerprint density at radius 1 is 1.17 bits per heavy atom. The van der Waals surface area contributed by atoms with Crippen molar-refractivity contribution in [3.05, 3.63) is 70.9 Å². The third-order valence-electron chi connectivity index (χ3n) is 4.19. The van der Waals surface area contributed by atoms with Crippen molar-refractivity contribution in [1.29, 1.82) is 0 Å². The molecule has 23 heavy (non-hydrogen) atoms. The molecular weight excluding hydrogens is 310 g/mol. The average molecular weight is 328 g/mol. The summed E-state index contributed by atoms with van der Waals surface area (Å²) in [5.74, 6) is -0.999. The molecule has 0 spiro atoms. The van der Waals surface area contributed by atoms with Crippen molar-refractivity contribution in [3.8, 4) is 0 Å². The minimum absolute atomic E-state index is 0.0549. The summed E-state index contributed by atoms with van der Waals surface area (Å²) in [6, 6.07) is 15.6. The summed E-state index contributed by atoms with van der Waals surface area (Å²) in [5, 5.41) is 11.1. The van der Waals surface area contributed by atoms with Gasteiger partial charge in [0.2, 0.25) is 0 Å².